The Hall–Kier alpha value is -5.16. The van der Waals surface area contributed by atoms with E-state index in [0.29, 0.717) is 33.7 Å². The smallest absolute Gasteiger partial charge is 0.337 e. The van der Waals surface area contributed by atoms with Crippen LogP contribution in [0.25, 0.3) is 28.1 Å². The molecule has 0 fully saturated rings. The normalized spacial score (nSPS) is 11.7. The van der Waals surface area contributed by atoms with Gasteiger partial charge in [-0.2, -0.15) is 5.26 Å². The van der Waals surface area contributed by atoms with Gasteiger partial charge in [0.05, 0.1) is 28.6 Å². The van der Waals surface area contributed by atoms with E-state index in [9.17, 15) is 14.7 Å². The molecule has 0 saturated carbocycles. The number of anilines is 1. The Morgan fingerprint density at radius 1 is 1.14 bits per heavy atom. The maximum absolute atomic E-state index is 13.1. The van der Waals surface area contributed by atoms with E-state index >= 15 is 0 Å². The van der Waals surface area contributed by atoms with Gasteiger partial charge in [-0.3, -0.25) is 4.79 Å². The fraction of sp³-hybridized carbons (Fsp3) is 0.103. The second kappa shape index (κ2) is 9.47. The minimum absolute atomic E-state index is 0.154. The van der Waals surface area contributed by atoms with E-state index in [0.717, 1.165) is 16.8 Å². The lowest BCUT2D eigenvalue weighted by atomic mass is 10.0. The predicted octanol–water partition coefficient (Wildman–Crippen LogP) is 5.70. The molecule has 2 N–H and O–H groups in total. The average molecular weight is 491 g/mol. The minimum Gasteiger partial charge on any atom is -0.478 e. The van der Waals surface area contributed by atoms with Crippen LogP contribution in [0.3, 0.4) is 0 Å². The SMILES string of the molecule is Cc1cc(C(C)Nc2ccccc2C(=O)O)c2oc(-c3cn(-c4ccc(C#N)cc4)cn3)cc(=O)c2c1. The van der Waals surface area contributed by atoms with Crippen LogP contribution in [0, 0.1) is 18.3 Å². The molecule has 0 amide bonds. The van der Waals surface area contributed by atoms with Crippen molar-refractivity contribution in [3.8, 4) is 23.2 Å². The van der Waals surface area contributed by atoms with Gasteiger partial charge in [-0.1, -0.05) is 18.2 Å². The first-order valence-electron chi connectivity index (χ1n) is 11.6. The molecular weight excluding hydrogens is 468 g/mol. The number of nitrogens with one attached hydrogen (secondary N) is 1. The minimum atomic E-state index is -1.03. The summed E-state index contributed by atoms with van der Waals surface area (Å²) in [6.45, 7) is 3.78. The zero-order valence-electron chi connectivity index (χ0n) is 20.1. The highest BCUT2D eigenvalue weighted by atomic mass is 16.4. The van der Waals surface area contributed by atoms with Crippen LogP contribution in [-0.4, -0.2) is 20.6 Å². The Kier molecular flexibility index (Phi) is 6.04. The van der Waals surface area contributed by atoms with Crippen molar-refractivity contribution in [2.75, 3.05) is 5.32 Å². The third-order valence-corrected chi connectivity index (χ3v) is 6.13. The highest BCUT2D eigenvalue weighted by molar-refractivity contribution is 5.94. The van der Waals surface area contributed by atoms with Crippen LogP contribution in [0.4, 0.5) is 5.69 Å². The lowest BCUT2D eigenvalue weighted by molar-refractivity contribution is 0.0698. The first-order chi connectivity index (χ1) is 17.8. The van der Waals surface area contributed by atoms with Crippen LogP contribution < -0.4 is 10.7 Å². The van der Waals surface area contributed by atoms with E-state index in [1.807, 2.05) is 32.0 Å². The van der Waals surface area contributed by atoms with Crippen molar-refractivity contribution in [2.45, 2.75) is 19.9 Å². The summed E-state index contributed by atoms with van der Waals surface area (Å²) in [6.07, 6.45) is 3.37. The van der Waals surface area contributed by atoms with Crippen molar-refractivity contribution >= 4 is 22.6 Å². The molecule has 0 spiro atoms. The molecule has 5 aromatic rings. The van der Waals surface area contributed by atoms with E-state index < -0.39 is 5.97 Å². The van der Waals surface area contributed by atoms with E-state index in [2.05, 4.69) is 16.4 Å². The van der Waals surface area contributed by atoms with Gasteiger partial charge < -0.3 is 19.4 Å². The summed E-state index contributed by atoms with van der Waals surface area (Å²) in [5, 5.41) is 22.3. The van der Waals surface area contributed by atoms with Crippen molar-refractivity contribution in [1.82, 2.24) is 9.55 Å². The standard InChI is InChI=1S/C29H22N4O4/c1-17-11-22(18(2)32-24-6-4-3-5-21(24)29(35)36)28-23(12-17)26(34)13-27(37-28)25-15-33(16-31-25)20-9-7-19(14-30)8-10-20/h3-13,15-16,18,32H,1-2H3,(H,35,36). The van der Waals surface area contributed by atoms with Crippen LogP contribution in [0.2, 0.25) is 0 Å². The lowest BCUT2D eigenvalue weighted by Gasteiger charge is -2.19. The number of carbonyl (C=O) groups is 1. The van der Waals surface area contributed by atoms with E-state index in [4.69, 9.17) is 9.68 Å². The molecule has 8 heteroatoms. The number of hydrogen-bond acceptors (Lipinski definition) is 6. The number of imidazole rings is 1. The fourth-order valence-corrected chi connectivity index (χ4v) is 4.29. The molecule has 0 radical (unpaired) electrons. The number of aryl methyl sites for hydroxylation is 1. The van der Waals surface area contributed by atoms with Gasteiger partial charge in [0.1, 0.15) is 17.6 Å². The van der Waals surface area contributed by atoms with Crippen LogP contribution in [-0.2, 0) is 0 Å². The number of nitriles is 1. The number of nitrogens with zero attached hydrogens (tertiary/aromatic N) is 3. The Bertz CT molecular complexity index is 1740. The van der Waals surface area contributed by atoms with Gasteiger partial charge >= 0.3 is 5.97 Å². The summed E-state index contributed by atoms with van der Waals surface area (Å²) in [7, 11) is 0. The summed E-state index contributed by atoms with van der Waals surface area (Å²) in [5.74, 6) is -0.718. The number of carboxylic acid groups (broad SMARTS) is 1. The third-order valence-electron chi connectivity index (χ3n) is 6.13. The molecule has 0 aliphatic heterocycles. The highest BCUT2D eigenvalue weighted by Crippen LogP contribution is 2.31. The summed E-state index contributed by atoms with van der Waals surface area (Å²) >= 11 is 0. The van der Waals surface area contributed by atoms with Gasteiger partial charge in [0.2, 0.25) is 0 Å². The van der Waals surface area contributed by atoms with E-state index in [-0.39, 0.29) is 17.0 Å². The molecule has 5 rings (SSSR count). The molecular formula is C29H22N4O4. The van der Waals surface area contributed by atoms with Gasteiger partial charge in [0.25, 0.3) is 0 Å². The first kappa shape index (κ1) is 23.6. The molecule has 3 aromatic carbocycles. The van der Waals surface area contributed by atoms with Crippen molar-refractivity contribution in [3.05, 3.63) is 112 Å². The highest BCUT2D eigenvalue weighted by Gasteiger charge is 2.19. The first-order valence-corrected chi connectivity index (χ1v) is 11.6. The zero-order chi connectivity index (χ0) is 26.1. The molecule has 8 nitrogen and oxygen atoms in total. The number of hydrogen-bond donors (Lipinski definition) is 2. The monoisotopic (exact) mass is 490 g/mol. The van der Waals surface area contributed by atoms with Crippen LogP contribution in [0.1, 0.15) is 40.0 Å². The Morgan fingerprint density at radius 3 is 2.62 bits per heavy atom. The molecule has 37 heavy (non-hydrogen) atoms. The number of aromatic nitrogens is 2. The molecule has 0 saturated heterocycles. The van der Waals surface area contributed by atoms with Crippen molar-refractivity contribution in [3.63, 3.8) is 0 Å². The number of carboxylic acids is 1. The third kappa shape index (κ3) is 4.58. The van der Waals surface area contributed by atoms with Gasteiger partial charge in [0.15, 0.2) is 11.2 Å². The molecule has 0 bridgehead atoms. The van der Waals surface area contributed by atoms with Crippen LogP contribution in [0.5, 0.6) is 0 Å². The Balaban J connectivity index is 1.56. The van der Waals surface area contributed by atoms with Gasteiger partial charge in [-0.25, -0.2) is 9.78 Å². The van der Waals surface area contributed by atoms with E-state index in [1.165, 1.54) is 12.1 Å². The summed E-state index contributed by atoms with van der Waals surface area (Å²) < 4.78 is 8.04. The second-order valence-corrected chi connectivity index (χ2v) is 8.75. The van der Waals surface area contributed by atoms with Gasteiger partial charge in [-0.05, 0) is 61.9 Å². The number of aromatic carboxylic acids is 1. The summed E-state index contributed by atoms with van der Waals surface area (Å²) in [4.78, 5) is 29.2. The van der Waals surface area contributed by atoms with Crippen molar-refractivity contribution in [2.24, 2.45) is 0 Å². The maximum Gasteiger partial charge on any atom is 0.337 e. The lowest BCUT2D eigenvalue weighted by Crippen LogP contribution is -2.12. The largest absolute Gasteiger partial charge is 0.478 e. The molecule has 0 aliphatic carbocycles. The van der Waals surface area contributed by atoms with Gasteiger partial charge in [-0.15, -0.1) is 0 Å². The second-order valence-electron chi connectivity index (χ2n) is 8.75. The number of benzene rings is 3. The predicted molar refractivity (Wildman–Crippen MR) is 140 cm³/mol. The number of para-hydroxylation sites is 1. The molecule has 1 atom stereocenters. The maximum atomic E-state index is 13.1. The number of rotatable bonds is 6. The Labute approximate surface area is 212 Å². The molecule has 0 aliphatic rings. The average Bonchev–Trinajstić information content (AvgIpc) is 3.39. The van der Waals surface area contributed by atoms with Gasteiger partial charge in [0, 0.05) is 29.2 Å². The summed E-state index contributed by atoms with van der Waals surface area (Å²) in [5.41, 5.74) is 4.29. The van der Waals surface area contributed by atoms with Crippen LogP contribution >= 0.6 is 0 Å². The molecule has 182 valence electrons. The van der Waals surface area contributed by atoms with Crippen molar-refractivity contribution < 1.29 is 14.3 Å². The Morgan fingerprint density at radius 2 is 1.89 bits per heavy atom. The molecule has 2 aromatic heterocycles. The van der Waals surface area contributed by atoms with E-state index in [1.54, 1.807) is 53.5 Å². The zero-order valence-corrected chi connectivity index (χ0v) is 20.1. The number of fused-ring (bicyclic) bond motifs is 1. The van der Waals surface area contributed by atoms with Crippen LogP contribution in [0.15, 0.2) is 88.5 Å². The molecule has 2 heterocycles. The fourth-order valence-electron chi connectivity index (χ4n) is 4.29. The molecule has 1 unspecified atom stereocenters. The quantitative estimate of drug-likeness (QED) is 0.313. The topological polar surface area (TPSA) is 121 Å². The summed E-state index contributed by atoms with van der Waals surface area (Å²) in [6, 6.07) is 20.6. The van der Waals surface area contributed by atoms with Crippen molar-refractivity contribution in [1.29, 1.82) is 5.26 Å².